The predicted molar refractivity (Wildman–Crippen MR) is 96.9 cm³/mol. The van der Waals surface area contributed by atoms with Crippen LogP contribution in [0.15, 0.2) is 48.5 Å². The summed E-state index contributed by atoms with van der Waals surface area (Å²) < 4.78 is 43.4. The lowest BCUT2D eigenvalue weighted by atomic mass is 9.98. The van der Waals surface area contributed by atoms with E-state index in [0.29, 0.717) is 13.1 Å². The van der Waals surface area contributed by atoms with Crippen molar-refractivity contribution in [1.29, 1.82) is 0 Å². The SMILES string of the molecule is COc1ccc(C2CCN(C(=O)CNc3cccc(C(F)(F)F)c3)C2)cc1. The first kappa shape index (κ1) is 19.1. The third-order valence-electron chi connectivity index (χ3n) is 4.76. The highest BCUT2D eigenvalue weighted by molar-refractivity contribution is 5.81. The molecule has 1 amide bonds. The average molecular weight is 378 g/mol. The number of hydrogen-bond acceptors (Lipinski definition) is 3. The second kappa shape index (κ2) is 7.90. The van der Waals surface area contributed by atoms with Crippen LogP contribution in [0, 0.1) is 0 Å². The van der Waals surface area contributed by atoms with Gasteiger partial charge in [-0.1, -0.05) is 18.2 Å². The second-order valence-electron chi connectivity index (χ2n) is 6.53. The van der Waals surface area contributed by atoms with E-state index < -0.39 is 11.7 Å². The van der Waals surface area contributed by atoms with E-state index in [0.717, 1.165) is 29.9 Å². The largest absolute Gasteiger partial charge is 0.497 e. The number of nitrogens with zero attached hydrogens (tertiary/aromatic N) is 1. The highest BCUT2D eigenvalue weighted by atomic mass is 19.4. The Morgan fingerprint density at radius 2 is 1.96 bits per heavy atom. The molecule has 1 unspecified atom stereocenters. The van der Waals surface area contributed by atoms with Crippen molar-refractivity contribution >= 4 is 11.6 Å². The fraction of sp³-hybridized carbons (Fsp3) is 0.350. The van der Waals surface area contributed by atoms with Crippen LogP contribution in [0.1, 0.15) is 23.5 Å². The maximum atomic E-state index is 12.8. The summed E-state index contributed by atoms with van der Waals surface area (Å²) in [5.41, 5.74) is 0.696. The summed E-state index contributed by atoms with van der Waals surface area (Å²) in [6.45, 7) is 1.21. The summed E-state index contributed by atoms with van der Waals surface area (Å²) in [7, 11) is 1.61. The first-order valence-corrected chi connectivity index (χ1v) is 8.69. The number of likely N-dealkylation sites (tertiary alicyclic amines) is 1. The van der Waals surface area contributed by atoms with Crippen molar-refractivity contribution in [2.45, 2.75) is 18.5 Å². The Bertz CT molecular complexity index is 791. The van der Waals surface area contributed by atoms with Gasteiger partial charge in [0.2, 0.25) is 5.91 Å². The van der Waals surface area contributed by atoms with Crippen molar-refractivity contribution in [2.75, 3.05) is 32.1 Å². The van der Waals surface area contributed by atoms with Crippen molar-refractivity contribution < 1.29 is 22.7 Å². The van der Waals surface area contributed by atoms with Crippen molar-refractivity contribution in [3.05, 3.63) is 59.7 Å². The molecule has 1 saturated heterocycles. The number of benzene rings is 2. The summed E-state index contributed by atoms with van der Waals surface area (Å²) in [4.78, 5) is 14.1. The zero-order chi connectivity index (χ0) is 19.4. The summed E-state index contributed by atoms with van der Waals surface area (Å²) in [5.74, 6) is 0.923. The van der Waals surface area contributed by atoms with Crippen LogP contribution in [0.2, 0.25) is 0 Å². The molecule has 0 aromatic heterocycles. The molecule has 144 valence electrons. The second-order valence-corrected chi connectivity index (χ2v) is 6.53. The Balaban J connectivity index is 1.55. The van der Waals surface area contributed by atoms with Crippen LogP contribution in [0.5, 0.6) is 5.75 Å². The summed E-state index contributed by atoms with van der Waals surface area (Å²) in [6.07, 6.45) is -3.54. The zero-order valence-corrected chi connectivity index (χ0v) is 14.9. The molecule has 0 spiro atoms. The third kappa shape index (κ3) is 4.72. The fourth-order valence-corrected chi connectivity index (χ4v) is 3.23. The van der Waals surface area contributed by atoms with E-state index in [1.165, 1.54) is 12.1 Å². The van der Waals surface area contributed by atoms with E-state index in [2.05, 4.69) is 5.32 Å². The van der Waals surface area contributed by atoms with Crippen molar-refractivity contribution in [3.63, 3.8) is 0 Å². The molecule has 0 radical (unpaired) electrons. The molecule has 1 heterocycles. The average Bonchev–Trinajstić information content (AvgIpc) is 3.16. The van der Waals surface area contributed by atoms with E-state index >= 15 is 0 Å². The van der Waals surface area contributed by atoms with Crippen molar-refractivity contribution in [3.8, 4) is 5.75 Å². The molecule has 27 heavy (non-hydrogen) atoms. The number of hydrogen-bond donors (Lipinski definition) is 1. The standard InChI is InChI=1S/C20H21F3N2O2/c1-27-18-7-5-14(6-8-18)15-9-10-25(13-15)19(26)12-24-17-4-2-3-16(11-17)20(21,22)23/h2-8,11,15,24H,9-10,12-13H2,1H3. The molecule has 1 aliphatic rings. The molecule has 4 nitrogen and oxygen atoms in total. The van der Waals surface area contributed by atoms with Crippen LogP contribution >= 0.6 is 0 Å². The van der Waals surface area contributed by atoms with Crippen molar-refractivity contribution in [1.82, 2.24) is 4.90 Å². The number of carbonyl (C=O) groups is 1. The van der Waals surface area contributed by atoms with Crippen LogP contribution in [-0.2, 0) is 11.0 Å². The molecule has 0 saturated carbocycles. The lowest BCUT2D eigenvalue weighted by Crippen LogP contribution is -2.33. The van der Waals surface area contributed by atoms with Gasteiger partial charge in [0.1, 0.15) is 5.75 Å². The molecule has 3 rings (SSSR count). The van der Waals surface area contributed by atoms with Gasteiger partial charge >= 0.3 is 6.18 Å². The Morgan fingerprint density at radius 3 is 2.63 bits per heavy atom. The van der Waals surface area contributed by atoms with E-state index in [1.54, 1.807) is 12.0 Å². The molecule has 0 bridgehead atoms. The van der Waals surface area contributed by atoms with Crippen LogP contribution < -0.4 is 10.1 Å². The van der Waals surface area contributed by atoms with Crippen LogP contribution in [-0.4, -0.2) is 37.6 Å². The number of ether oxygens (including phenoxy) is 1. The van der Waals surface area contributed by atoms with E-state index in [9.17, 15) is 18.0 Å². The molecule has 1 N–H and O–H groups in total. The van der Waals surface area contributed by atoms with Crippen LogP contribution in [0.25, 0.3) is 0 Å². The number of nitrogens with one attached hydrogen (secondary N) is 1. The monoisotopic (exact) mass is 378 g/mol. The number of anilines is 1. The fourth-order valence-electron chi connectivity index (χ4n) is 3.23. The van der Waals surface area contributed by atoms with Crippen molar-refractivity contribution in [2.24, 2.45) is 0 Å². The van der Waals surface area contributed by atoms with Crippen LogP contribution in [0.3, 0.4) is 0 Å². The number of amides is 1. The summed E-state index contributed by atoms with van der Waals surface area (Å²) >= 11 is 0. The zero-order valence-electron chi connectivity index (χ0n) is 14.9. The Hall–Kier alpha value is -2.70. The quantitative estimate of drug-likeness (QED) is 0.850. The molecule has 1 atom stereocenters. The molecule has 0 aliphatic carbocycles. The molecular formula is C20H21F3N2O2. The number of halogens is 3. The van der Waals surface area contributed by atoms with Crippen LogP contribution in [0.4, 0.5) is 18.9 Å². The molecule has 7 heteroatoms. The number of methoxy groups -OCH3 is 1. The lowest BCUT2D eigenvalue weighted by molar-refractivity contribution is -0.137. The third-order valence-corrected chi connectivity index (χ3v) is 4.76. The highest BCUT2D eigenvalue weighted by Gasteiger charge is 2.30. The highest BCUT2D eigenvalue weighted by Crippen LogP contribution is 2.31. The van der Waals surface area contributed by atoms with Gasteiger partial charge in [0, 0.05) is 24.7 Å². The Labute approximate surface area is 155 Å². The van der Waals surface area contributed by atoms with Gasteiger partial charge in [0.05, 0.1) is 19.2 Å². The topological polar surface area (TPSA) is 41.6 Å². The molecular weight excluding hydrogens is 357 g/mol. The number of alkyl halides is 3. The summed E-state index contributed by atoms with van der Waals surface area (Å²) in [5, 5.41) is 2.80. The Morgan fingerprint density at radius 1 is 1.22 bits per heavy atom. The van der Waals surface area contributed by atoms with E-state index in [-0.39, 0.29) is 24.1 Å². The first-order chi connectivity index (χ1) is 12.9. The normalized spacial score (nSPS) is 17.0. The maximum Gasteiger partial charge on any atom is 0.416 e. The van der Waals surface area contributed by atoms with Gasteiger partial charge in [0.25, 0.3) is 0 Å². The minimum absolute atomic E-state index is 0.0311. The Kier molecular flexibility index (Phi) is 5.58. The van der Waals surface area contributed by atoms with Gasteiger partial charge in [-0.2, -0.15) is 13.2 Å². The first-order valence-electron chi connectivity index (χ1n) is 8.69. The maximum absolute atomic E-state index is 12.8. The van der Waals surface area contributed by atoms with Gasteiger partial charge in [-0.05, 0) is 42.3 Å². The minimum Gasteiger partial charge on any atom is -0.497 e. The van der Waals surface area contributed by atoms with Gasteiger partial charge in [-0.15, -0.1) is 0 Å². The van der Waals surface area contributed by atoms with Gasteiger partial charge in [0.15, 0.2) is 0 Å². The molecule has 1 fully saturated rings. The molecule has 2 aromatic carbocycles. The number of rotatable bonds is 5. The molecule has 1 aliphatic heterocycles. The number of carbonyl (C=O) groups excluding carboxylic acids is 1. The van der Waals surface area contributed by atoms with Gasteiger partial charge in [-0.25, -0.2) is 0 Å². The predicted octanol–water partition coefficient (Wildman–Crippen LogP) is 4.14. The van der Waals surface area contributed by atoms with Gasteiger partial charge < -0.3 is 15.0 Å². The van der Waals surface area contributed by atoms with Gasteiger partial charge in [-0.3, -0.25) is 4.79 Å². The minimum atomic E-state index is -4.40. The smallest absolute Gasteiger partial charge is 0.416 e. The lowest BCUT2D eigenvalue weighted by Gasteiger charge is -2.18. The van der Waals surface area contributed by atoms with E-state index in [1.807, 2.05) is 24.3 Å². The molecule has 2 aromatic rings. The summed E-state index contributed by atoms with van der Waals surface area (Å²) in [6, 6.07) is 12.7. The van der Waals surface area contributed by atoms with E-state index in [4.69, 9.17) is 4.74 Å².